The lowest BCUT2D eigenvalue weighted by atomic mass is 10.1. The molecule has 0 aliphatic rings. The summed E-state index contributed by atoms with van der Waals surface area (Å²) in [6.07, 6.45) is 0.569. The van der Waals surface area contributed by atoms with E-state index >= 15 is 0 Å². The molecule has 2 aromatic rings. The molecular weight excluding hydrogens is 216 g/mol. The van der Waals surface area contributed by atoms with E-state index in [1.54, 1.807) is 18.2 Å². The van der Waals surface area contributed by atoms with Crippen LogP contribution in [0.25, 0.3) is 5.52 Å². The van der Waals surface area contributed by atoms with E-state index in [0.29, 0.717) is 22.8 Å². The SMILES string of the molecule is CCc1nn2c(Cl)cccc2c1C(=O)O. The van der Waals surface area contributed by atoms with Gasteiger partial charge in [-0.05, 0) is 18.6 Å². The van der Waals surface area contributed by atoms with Gasteiger partial charge in [-0.15, -0.1) is 0 Å². The molecule has 4 nitrogen and oxygen atoms in total. The average Bonchev–Trinajstić information content (AvgIpc) is 2.57. The van der Waals surface area contributed by atoms with Crippen molar-refractivity contribution in [2.45, 2.75) is 13.3 Å². The van der Waals surface area contributed by atoms with Crippen LogP contribution in [-0.2, 0) is 6.42 Å². The van der Waals surface area contributed by atoms with Crippen molar-refractivity contribution in [1.82, 2.24) is 9.61 Å². The lowest BCUT2D eigenvalue weighted by molar-refractivity contribution is 0.0698. The maximum atomic E-state index is 11.1. The maximum absolute atomic E-state index is 11.1. The van der Waals surface area contributed by atoms with Gasteiger partial charge in [0.2, 0.25) is 0 Å². The first-order valence-corrected chi connectivity index (χ1v) is 4.92. The van der Waals surface area contributed by atoms with Gasteiger partial charge in [0.25, 0.3) is 0 Å². The molecule has 0 atom stereocenters. The number of aryl methyl sites for hydroxylation is 1. The molecule has 2 aromatic heterocycles. The quantitative estimate of drug-likeness (QED) is 0.796. The molecule has 2 rings (SSSR count). The lowest BCUT2D eigenvalue weighted by Gasteiger charge is -1.95. The Morgan fingerprint density at radius 1 is 1.60 bits per heavy atom. The van der Waals surface area contributed by atoms with Gasteiger partial charge in [0.15, 0.2) is 0 Å². The fourth-order valence-electron chi connectivity index (χ4n) is 1.56. The molecule has 0 aliphatic carbocycles. The number of hydrogen-bond donors (Lipinski definition) is 1. The lowest BCUT2D eigenvalue weighted by Crippen LogP contribution is -1.99. The normalized spacial score (nSPS) is 10.8. The van der Waals surface area contributed by atoms with E-state index in [0.717, 1.165) is 0 Å². The second kappa shape index (κ2) is 3.55. The van der Waals surface area contributed by atoms with Crippen molar-refractivity contribution < 1.29 is 9.90 Å². The van der Waals surface area contributed by atoms with Crippen molar-refractivity contribution in [2.75, 3.05) is 0 Å². The summed E-state index contributed by atoms with van der Waals surface area (Å²) < 4.78 is 1.45. The predicted octanol–water partition coefficient (Wildman–Crippen LogP) is 2.25. The molecule has 0 fully saturated rings. The Kier molecular flexibility index (Phi) is 2.36. The Morgan fingerprint density at radius 2 is 2.33 bits per heavy atom. The molecule has 5 heteroatoms. The van der Waals surface area contributed by atoms with Crippen molar-refractivity contribution in [3.8, 4) is 0 Å². The van der Waals surface area contributed by atoms with Gasteiger partial charge in [-0.2, -0.15) is 5.10 Å². The van der Waals surface area contributed by atoms with Gasteiger partial charge in [0.05, 0.1) is 11.2 Å². The Bertz CT molecular complexity index is 533. The number of rotatable bonds is 2. The maximum Gasteiger partial charge on any atom is 0.339 e. The zero-order valence-electron chi connectivity index (χ0n) is 8.07. The van der Waals surface area contributed by atoms with Crippen LogP contribution in [0.1, 0.15) is 23.0 Å². The molecule has 78 valence electrons. The van der Waals surface area contributed by atoms with Gasteiger partial charge in [-0.25, -0.2) is 9.31 Å². The van der Waals surface area contributed by atoms with Gasteiger partial charge >= 0.3 is 5.97 Å². The molecule has 0 unspecified atom stereocenters. The minimum absolute atomic E-state index is 0.236. The Balaban J connectivity index is 2.86. The van der Waals surface area contributed by atoms with E-state index in [4.69, 9.17) is 16.7 Å². The highest BCUT2D eigenvalue weighted by atomic mass is 35.5. The zero-order chi connectivity index (χ0) is 11.0. The average molecular weight is 225 g/mol. The van der Waals surface area contributed by atoms with E-state index in [2.05, 4.69) is 5.10 Å². The number of aromatic nitrogens is 2. The Morgan fingerprint density at radius 3 is 2.93 bits per heavy atom. The first-order chi connectivity index (χ1) is 7.15. The number of halogens is 1. The molecule has 0 aromatic carbocycles. The largest absolute Gasteiger partial charge is 0.478 e. The van der Waals surface area contributed by atoms with Crippen molar-refractivity contribution in [3.05, 3.63) is 34.6 Å². The third-order valence-corrected chi connectivity index (χ3v) is 2.52. The van der Waals surface area contributed by atoms with E-state index in [1.807, 2.05) is 6.92 Å². The molecule has 0 saturated heterocycles. The van der Waals surface area contributed by atoms with Crippen molar-refractivity contribution in [2.24, 2.45) is 0 Å². The minimum Gasteiger partial charge on any atom is -0.478 e. The molecule has 15 heavy (non-hydrogen) atoms. The van der Waals surface area contributed by atoms with Crippen LogP contribution < -0.4 is 0 Å². The summed E-state index contributed by atoms with van der Waals surface area (Å²) in [4.78, 5) is 11.1. The number of nitrogens with zero attached hydrogens (tertiary/aromatic N) is 2. The highest BCUT2D eigenvalue weighted by molar-refractivity contribution is 6.29. The van der Waals surface area contributed by atoms with Gasteiger partial charge in [0.1, 0.15) is 10.7 Å². The van der Waals surface area contributed by atoms with Crippen LogP contribution in [0.3, 0.4) is 0 Å². The summed E-state index contributed by atoms with van der Waals surface area (Å²) in [6, 6.07) is 5.08. The first kappa shape index (κ1) is 9.98. The number of aromatic carboxylic acids is 1. The molecule has 0 spiro atoms. The molecule has 2 heterocycles. The van der Waals surface area contributed by atoms with Gasteiger partial charge < -0.3 is 5.11 Å². The predicted molar refractivity (Wildman–Crippen MR) is 56.5 cm³/mol. The van der Waals surface area contributed by atoms with Gasteiger partial charge in [0, 0.05) is 0 Å². The summed E-state index contributed by atoms with van der Waals surface area (Å²) in [6.45, 7) is 1.86. The third-order valence-electron chi connectivity index (χ3n) is 2.23. The van der Waals surface area contributed by atoms with Crippen LogP contribution in [-0.4, -0.2) is 20.7 Å². The fourth-order valence-corrected chi connectivity index (χ4v) is 1.77. The monoisotopic (exact) mass is 224 g/mol. The van der Waals surface area contributed by atoms with E-state index < -0.39 is 5.97 Å². The summed E-state index contributed by atoms with van der Waals surface area (Å²) in [5.41, 5.74) is 1.32. The third kappa shape index (κ3) is 1.47. The molecule has 0 aliphatic heterocycles. The number of fused-ring (bicyclic) bond motifs is 1. The molecule has 0 amide bonds. The standard InChI is InChI=1S/C10H9ClN2O2/c1-2-6-9(10(14)15)7-4-3-5-8(11)13(7)12-6/h3-5H,2H2,1H3,(H,14,15). The Labute approximate surface area is 91.1 Å². The minimum atomic E-state index is -0.968. The van der Waals surface area contributed by atoms with Crippen LogP contribution in [0.2, 0.25) is 5.15 Å². The zero-order valence-corrected chi connectivity index (χ0v) is 8.82. The van der Waals surface area contributed by atoms with Crippen molar-refractivity contribution in [1.29, 1.82) is 0 Å². The molecule has 0 radical (unpaired) electrons. The molecular formula is C10H9ClN2O2. The summed E-state index contributed by atoms with van der Waals surface area (Å²) >= 11 is 5.91. The number of carboxylic acids is 1. The van der Waals surface area contributed by atoms with Crippen LogP contribution in [0.15, 0.2) is 18.2 Å². The second-order valence-corrected chi connectivity index (χ2v) is 3.51. The number of hydrogen-bond acceptors (Lipinski definition) is 2. The van der Waals surface area contributed by atoms with Crippen LogP contribution in [0.5, 0.6) is 0 Å². The van der Waals surface area contributed by atoms with Gasteiger partial charge in [-0.1, -0.05) is 24.6 Å². The van der Waals surface area contributed by atoms with Gasteiger partial charge in [-0.3, -0.25) is 0 Å². The van der Waals surface area contributed by atoms with E-state index in [9.17, 15) is 4.79 Å². The van der Waals surface area contributed by atoms with E-state index in [-0.39, 0.29) is 5.56 Å². The summed E-state index contributed by atoms with van der Waals surface area (Å²) in [5, 5.41) is 13.6. The highest BCUT2D eigenvalue weighted by Crippen LogP contribution is 2.20. The van der Waals surface area contributed by atoms with Crippen LogP contribution >= 0.6 is 11.6 Å². The van der Waals surface area contributed by atoms with E-state index in [1.165, 1.54) is 4.52 Å². The smallest absolute Gasteiger partial charge is 0.339 e. The first-order valence-electron chi connectivity index (χ1n) is 4.54. The number of carbonyl (C=O) groups is 1. The number of carboxylic acid groups (broad SMARTS) is 1. The molecule has 1 N–H and O–H groups in total. The second-order valence-electron chi connectivity index (χ2n) is 3.13. The number of pyridine rings is 1. The molecule has 0 bridgehead atoms. The van der Waals surface area contributed by atoms with Crippen LogP contribution in [0, 0.1) is 0 Å². The topological polar surface area (TPSA) is 54.6 Å². The van der Waals surface area contributed by atoms with Crippen molar-refractivity contribution in [3.63, 3.8) is 0 Å². The molecule has 0 saturated carbocycles. The van der Waals surface area contributed by atoms with Crippen LogP contribution in [0.4, 0.5) is 0 Å². The summed E-state index contributed by atoms with van der Waals surface area (Å²) in [7, 11) is 0. The highest BCUT2D eigenvalue weighted by Gasteiger charge is 2.18. The summed E-state index contributed by atoms with van der Waals surface area (Å²) in [5.74, 6) is -0.968. The Hall–Kier alpha value is -1.55. The fraction of sp³-hybridized carbons (Fsp3) is 0.200. The van der Waals surface area contributed by atoms with Crippen molar-refractivity contribution >= 4 is 23.1 Å².